The summed E-state index contributed by atoms with van der Waals surface area (Å²) in [5, 5.41) is 13.6. The predicted molar refractivity (Wildman–Crippen MR) is 122 cm³/mol. The van der Waals surface area contributed by atoms with Crippen LogP contribution in [0.25, 0.3) is 11.6 Å². The minimum Gasteiger partial charge on any atom is -0.618 e. The summed E-state index contributed by atoms with van der Waals surface area (Å²) in [6, 6.07) is 4.11. The van der Waals surface area contributed by atoms with Crippen molar-refractivity contribution in [3.05, 3.63) is 40.6 Å². The first-order valence-corrected chi connectivity index (χ1v) is 11.2. The Morgan fingerprint density at radius 3 is 2.55 bits per heavy atom. The molecule has 0 fully saturated rings. The molecule has 1 aromatic carbocycles. The number of fused-ring (bicyclic) bond motifs is 4. The second-order valence-electron chi connectivity index (χ2n) is 10.7. The molecule has 0 bridgehead atoms. The Morgan fingerprint density at radius 2 is 1.83 bits per heavy atom. The quantitative estimate of drug-likeness (QED) is 0.300. The molecular formula is C26H35NO2. The van der Waals surface area contributed by atoms with Crippen molar-refractivity contribution in [1.82, 2.24) is 0 Å². The van der Waals surface area contributed by atoms with Crippen LogP contribution in [0.2, 0.25) is 0 Å². The highest BCUT2D eigenvalue weighted by Crippen LogP contribution is 2.54. The van der Waals surface area contributed by atoms with Crippen molar-refractivity contribution >= 4 is 23.0 Å². The third-order valence-electron chi connectivity index (χ3n) is 6.67. The van der Waals surface area contributed by atoms with Gasteiger partial charge in [-0.1, -0.05) is 58.6 Å². The zero-order valence-electron chi connectivity index (χ0n) is 18.9. The van der Waals surface area contributed by atoms with Crippen LogP contribution in [0.1, 0.15) is 91.2 Å². The van der Waals surface area contributed by atoms with E-state index in [9.17, 15) is 5.21 Å². The summed E-state index contributed by atoms with van der Waals surface area (Å²) in [6.07, 6.45) is 13.6. The van der Waals surface area contributed by atoms with Gasteiger partial charge in [0, 0.05) is 5.56 Å². The van der Waals surface area contributed by atoms with E-state index in [1.807, 2.05) is 19.9 Å². The van der Waals surface area contributed by atoms with E-state index in [0.29, 0.717) is 0 Å². The molecule has 156 valence electrons. The number of unbranched alkanes of at least 4 members (excludes halogenated alkanes) is 3. The molecule has 29 heavy (non-hydrogen) atoms. The first-order chi connectivity index (χ1) is 13.6. The topological polar surface area (TPSA) is 35.3 Å². The fourth-order valence-electron chi connectivity index (χ4n) is 5.55. The lowest BCUT2D eigenvalue weighted by Crippen LogP contribution is -2.39. The third kappa shape index (κ3) is 3.53. The van der Waals surface area contributed by atoms with Crippen LogP contribution in [0.3, 0.4) is 0 Å². The first kappa shape index (κ1) is 20.3. The number of ether oxygens (including phenoxy) is 1. The summed E-state index contributed by atoms with van der Waals surface area (Å²) in [7, 11) is 0. The van der Waals surface area contributed by atoms with E-state index in [4.69, 9.17) is 4.74 Å². The minimum absolute atomic E-state index is 0.0744. The van der Waals surface area contributed by atoms with E-state index >= 15 is 0 Å². The molecule has 0 radical (unpaired) electrons. The number of allylic oxidation sites excluding steroid dienone is 2. The molecule has 3 heteroatoms. The normalized spacial score (nSPS) is 25.8. The Balaban J connectivity index is 1.79. The minimum atomic E-state index is -0.345. The van der Waals surface area contributed by atoms with Crippen molar-refractivity contribution in [3.8, 4) is 5.75 Å². The summed E-state index contributed by atoms with van der Waals surface area (Å²) in [4.78, 5) is 0. The molecule has 3 aliphatic rings. The van der Waals surface area contributed by atoms with Gasteiger partial charge < -0.3 is 9.94 Å². The lowest BCUT2D eigenvalue weighted by atomic mass is 9.62. The number of benzene rings is 1. The number of rotatable bonds is 5. The molecule has 4 rings (SSSR count). The number of hydrogen-bond donors (Lipinski definition) is 0. The summed E-state index contributed by atoms with van der Waals surface area (Å²) in [5.74, 6) is 0.806. The maximum Gasteiger partial charge on any atom is 0.228 e. The molecule has 2 heterocycles. The van der Waals surface area contributed by atoms with Crippen molar-refractivity contribution in [2.45, 2.75) is 85.7 Å². The average Bonchev–Trinajstić information content (AvgIpc) is 2.87. The van der Waals surface area contributed by atoms with Gasteiger partial charge in [0.1, 0.15) is 11.4 Å². The van der Waals surface area contributed by atoms with Gasteiger partial charge in [-0.2, -0.15) is 4.74 Å². The predicted octanol–water partition coefficient (Wildman–Crippen LogP) is 7.26. The van der Waals surface area contributed by atoms with Gasteiger partial charge in [-0.25, -0.2) is 0 Å². The van der Waals surface area contributed by atoms with E-state index < -0.39 is 0 Å². The second-order valence-corrected chi connectivity index (χ2v) is 10.7. The van der Waals surface area contributed by atoms with E-state index in [-0.39, 0.29) is 16.4 Å². The van der Waals surface area contributed by atoms with Gasteiger partial charge in [0.25, 0.3) is 0 Å². The zero-order valence-corrected chi connectivity index (χ0v) is 18.9. The van der Waals surface area contributed by atoms with Gasteiger partial charge in [-0.3, -0.25) is 0 Å². The van der Waals surface area contributed by atoms with Gasteiger partial charge in [0.05, 0.1) is 22.6 Å². The van der Waals surface area contributed by atoms with Crippen LogP contribution in [0, 0.1) is 16.0 Å². The lowest BCUT2D eigenvalue weighted by molar-refractivity contribution is -0.362. The molecule has 0 saturated heterocycles. The smallest absolute Gasteiger partial charge is 0.228 e. The first-order valence-electron chi connectivity index (χ1n) is 11.2. The number of hydrogen-bond acceptors (Lipinski definition) is 2. The molecule has 0 aromatic heterocycles. The molecule has 3 nitrogen and oxygen atoms in total. The largest absolute Gasteiger partial charge is 0.618 e. The highest BCUT2D eigenvalue weighted by atomic mass is 16.5. The van der Waals surface area contributed by atoms with Crippen LogP contribution in [-0.2, 0) is 0 Å². The van der Waals surface area contributed by atoms with E-state index in [0.717, 1.165) is 46.7 Å². The molecule has 2 aliphatic heterocycles. The molecule has 1 unspecified atom stereocenters. The third-order valence-corrected chi connectivity index (χ3v) is 6.67. The Bertz CT molecular complexity index is 932. The lowest BCUT2D eigenvalue weighted by Gasteiger charge is -2.39. The van der Waals surface area contributed by atoms with Gasteiger partial charge in [0.15, 0.2) is 0 Å². The molecule has 0 spiro atoms. The Kier molecular flexibility index (Phi) is 4.72. The van der Waals surface area contributed by atoms with Crippen molar-refractivity contribution in [3.63, 3.8) is 0 Å². The highest BCUT2D eigenvalue weighted by Gasteiger charge is 2.50. The molecule has 0 N–H and O–H groups in total. The molecule has 1 atom stereocenters. The zero-order chi connectivity index (χ0) is 21.0. The second kappa shape index (κ2) is 6.75. The standard InChI is InChI=1S/C26H35NO2/c1-7-8-9-10-12-26(6)17-24(2,3)16-20-19-14-18-11-13-25(4,5)29-22(18)15-21(19)27(28)23(20)26/h11,13-16H,7-10,12,17H2,1-6H3. The van der Waals surface area contributed by atoms with E-state index in [2.05, 4.69) is 52.0 Å². The van der Waals surface area contributed by atoms with E-state index in [1.165, 1.54) is 30.4 Å². The maximum atomic E-state index is 13.6. The van der Waals surface area contributed by atoms with Crippen molar-refractivity contribution in [2.75, 3.05) is 0 Å². The molecule has 0 saturated carbocycles. The summed E-state index contributed by atoms with van der Waals surface area (Å²) < 4.78 is 7.36. The Morgan fingerprint density at radius 1 is 1.07 bits per heavy atom. The fourth-order valence-corrected chi connectivity index (χ4v) is 5.55. The molecule has 1 aromatic rings. The number of nitrogens with zero attached hydrogens (tertiary/aromatic N) is 1. The average molecular weight is 394 g/mol. The van der Waals surface area contributed by atoms with E-state index in [1.54, 1.807) is 0 Å². The van der Waals surface area contributed by atoms with Gasteiger partial charge in [0.2, 0.25) is 11.4 Å². The highest BCUT2D eigenvalue weighted by molar-refractivity contribution is 6.28. The van der Waals surface area contributed by atoms with Gasteiger partial charge in [-0.15, -0.1) is 0 Å². The van der Waals surface area contributed by atoms with Crippen molar-refractivity contribution < 1.29 is 9.48 Å². The van der Waals surface area contributed by atoms with Crippen LogP contribution in [-0.4, -0.2) is 16.1 Å². The Labute approximate surface area is 175 Å². The Hall–Kier alpha value is -2.03. The van der Waals surface area contributed by atoms with Crippen LogP contribution < -0.4 is 4.74 Å². The van der Waals surface area contributed by atoms with Gasteiger partial charge in [-0.05, 0) is 51.2 Å². The summed E-state index contributed by atoms with van der Waals surface area (Å²) in [5.41, 5.74) is 4.61. The van der Waals surface area contributed by atoms with Crippen LogP contribution >= 0.6 is 0 Å². The SMILES string of the molecule is CCCCCCC1(C)CC(C)(C)C=C2C1=[N+]([O-])c1cc3c(cc12)C=CC(C)(C)O3. The molecule has 1 aliphatic carbocycles. The van der Waals surface area contributed by atoms with Crippen LogP contribution in [0.5, 0.6) is 5.75 Å². The van der Waals surface area contributed by atoms with Crippen molar-refractivity contribution in [2.24, 2.45) is 10.8 Å². The summed E-state index contributed by atoms with van der Waals surface area (Å²) >= 11 is 0. The molecule has 0 amide bonds. The van der Waals surface area contributed by atoms with Gasteiger partial charge >= 0.3 is 0 Å². The summed E-state index contributed by atoms with van der Waals surface area (Å²) in [6.45, 7) is 13.2. The van der Waals surface area contributed by atoms with Crippen LogP contribution in [0.4, 0.5) is 5.69 Å². The monoisotopic (exact) mass is 393 g/mol. The van der Waals surface area contributed by atoms with Crippen LogP contribution in [0.15, 0.2) is 24.3 Å². The van der Waals surface area contributed by atoms with Crippen molar-refractivity contribution in [1.29, 1.82) is 0 Å². The fraction of sp³-hybridized carbons (Fsp3) is 0.577. The molecular weight excluding hydrogens is 358 g/mol. The maximum absolute atomic E-state index is 13.6.